The number of ether oxygens (including phenoxy) is 1. The summed E-state index contributed by atoms with van der Waals surface area (Å²) in [6.07, 6.45) is 3.15. The van der Waals surface area contributed by atoms with Crippen molar-refractivity contribution in [1.82, 2.24) is 9.88 Å². The largest absolute Gasteiger partial charge is 0.393 e. The van der Waals surface area contributed by atoms with Crippen molar-refractivity contribution in [2.75, 3.05) is 13.2 Å². The number of pyridine rings is 1. The van der Waals surface area contributed by atoms with E-state index in [2.05, 4.69) is 10.1 Å². The molecule has 1 aromatic carbocycles. The van der Waals surface area contributed by atoms with E-state index in [0.717, 1.165) is 17.3 Å². The van der Waals surface area contributed by atoms with Crippen molar-refractivity contribution in [2.24, 2.45) is 5.16 Å². The van der Waals surface area contributed by atoms with Gasteiger partial charge in [0.05, 0.1) is 25.1 Å². The molecule has 7 nitrogen and oxygen atoms in total. The minimum Gasteiger partial charge on any atom is -0.393 e. The highest BCUT2D eigenvalue weighted by atomic mass is 32.2. The van der Waals surface area contributed by atoms with E-state index in [4.69, 9.17) is 9.57 Å². The Kier molecular flexibility index (Phi) is 6.34. The number of hydrogen-bond acceptors (Lipinski definition) is 7. The molecule has 2 heterocycles. The number of amides is 2. The average molecular weight is 371 g/mol. The fourth-order valence-electron chi connectivity index (χ4n) is 2.23. The van der Waals surface area contributed by atoms with Gasteiger partial charge >= 0.3 is 0 Å². The molecule has 1 saturated heterocycles. The standard InChI is InChI=1S/C18H17N3O4S/c22-16-17(24-10-11-25-20-12-15-8-4-5-9-19-15)26-18(23)21(16)13-14-6-2-1-3-7-14/h1-9,12,17H,10-11,13H2. The second-order valence-corrected chi connectivity index (χ2v) is 6.33. The van der Waals surface area contributed by atoms with Gasteiger partial charge in [-0.2, -0.15) is 0 Å². The fraction of sp³-hybridized carbons (Fsp3) is 0.222. The zero-order valence-electron chi connectivity index (χ0n) is 13.9. The van der Waals surface area contributed by atoms with Crippen LogP contribution in [0.15, 0.2) is 59.9 Å². The topological polar surface area (TPSA) is 81.1 Å². The first kappa shape index (κ1) is 18.1. The molecule has 1 atom stereocenters. The summed E-state index contributed by atoms with van der Waals surface area (Å²) in [7, 11) is 0. The van der Waals surface area contributed by atoms with Gasteiger partial charge in [0.1, 0.15) is 6.61 Å². The molecule has 0 saturated carbocycles. The Morgan fingerprint density at radius 2 is 1.92 bits per heavy atom. The Morgan fingerprint density at radius 1 is 1.12 bits per heavy atom. The Morgan fingerprint density at radius 3 is 2.69 bits per heavy atom. The van der Waals surface area contributed by atoms with E-state index in [1.54, 1.807) is 12.3 Å². The molecule has 0 aliphatic carbocycles. The summed E-state index contributed by atoms with van der Waals surface area (Å²) < 4.78 is 5.44. The molecular formula is C18H17N3O4S. The zero-order valence-corrected chi connectivity index (χ0v) is 14.7. The molecule has 2 amide bonds. The first-order valence-corrected chi connectivity index (χ1v) is 8.86. The van der Waals surface area contributed by atoms with Crippen molar-refractivity contribution >= 4 is 29.1 Å². The van der Waals surface area contributed by atoms with Gasteiger partial charge in [-0.1, -0.05) is 41.6 Å². The molecule has 2 aromatic rings. The summed E-state index contributed by atoms with van der Waals surface area (Å²) in [4.78, 5) is 34.7. The lowest BCUT2D eigenvalue weighted by Crippen LogP contribution is -2.32. The van der Waals surface area contributed by atoms with Crippen LogP contribution in [0.4, 0.5) is 4.79 Å². The van der Waals surface area contributed by atoms with Crippen molar-refractivity contribution in [3.05, 3.63) is 66.0 Å². The van der Waals surface area contributed by atoms with E-state index in [9.17, 15) is 9.59 Å². The maximum atomic E-state index is 12.3. The minimum absolute atomic E-state index is 0.148. The van der Waals surface area contributed by atoms with E-state index in [-0.39, 0.29) is 30.9 Å². The van der Waals surface area contributed by atoms with E-state index < -0.39 is 5.44 Å². The Hall–Kier alpha value is -2.71. The van der Waals surface area contributed by atoms with Crippen molar-refractivity contribution in [2.45, 2.75) is 12.0 Å². The molecule has 1 aliphatic heterocycles. The molecule has 0 radical (unpaired) electrons. The monoisotopic (exact) mass is 371 g/mol. The van der Waals surface area contributed by atoms with Gasteiger partial charge in [0.2, 0.25) is 0 Å². The normalized spacial score (nSPS) is 17.2. The van der Waals surface area contributed by atoms with E-state index in [0.29, 0.717) is 5.69 Å². The Balaban J connectivity index is 1.41. The summed E-state index contributed by atoms with van der Waals surface area (Å²) >= 11 is 0.873. The van der Waals surface area contributed by atoms with Gasteiger partial charge in [0.15, 0.2) is 5.44 Å². The number of benzene rings is 1. The zero-order chi connectivity index (χ0) is 18.2. The van der Waals surface area contributed by atoms with Gasteiger partial charge in [-0.05, 0) is 29.5 Å². The van der Waals surface area contributed by atoms with Crippen LogP contribution in [-0.2, 0) is 20.9 Å². The number of imide groups is 1. The molecule has 1 unspecified atom stereocenters. The van der Waals surface area contributed by atoms with Gasteiger partial charge < -0.3 is 9.57 Å². The lowest BCUT2D eigenvalue weighted by atomic mass is 10.2. The van der Waals surface area contributed by atoms with Crippen LogP contribution < -0.4 is 0 Å². The van der Waals surface area contributed by atoms with Crippen LogP contribution in [0.2, 0.25) is 0 Å². The second kappa shape index (κ2) is 9.12. The van der Waals surface area contributed by atoms with Gasteiger partial charge in [-0.3, -0.25) is 19.5 Å². The van der Waals surface area contributed by atoms with Crippen molar-refractivity contribution in [3.63, 3.8) is 0 Å². The molecular weight excluding hydrogens is 354 g/mol. The van der Waals surface area contributed by atoms with Gasteiger partial charge in [-0.15, -0.1) is 0 Å². The van der Waals surface area contributed by atoms with E-state index in [1.165, 1.54) is 11.1 Å². The van der Waals surface area contributed by atoms with E-state index in [1.807, 2.05) is 42.5 Å². The third kappa shape index (κ3) is 4.90. The van der Waals surface area contributed by atoms with Crippen LogP contribution in [-0.4, -0.2) is 45.9 Å². The van der Waals surface area contributed by atoms with Crippen molar-refractivity contribution in [1.29, 1.82) is 0 Å². The summed E-state index contributed by atoms with van der Waals surface area (Å²) in [5, 5.41) is 3.47. The van der Waals surface area contributed by atoms with Crippen LogP contribution >= 0.6 is 11.8 Å². The number of rotatable bonds is 8. The summed E-state index contributed by atoms with van der Waals surface area (Å²) in [5.74, 6) is -0.346. The third-order valence-corrected chi connectivity index (χ3v) is 4.44. The number of nitrogens with zero attached hydrogens (tertiary/aromatic N) is 3. The second-order valence-electron chi connectivity index (χ2n) is 5.32. The van der Waals surface area contributed by atoms with Crippen LogP contribution in [0.1, 0.15) is 11.3 Å². The molecule has 0 N–H and O–H groups in total. The Bertz CT molecular complexity index is 771. The van der Waals surface area contributed by atoms with Crippen LogP contribution in [0.25, 0.3) is 0 Å². The number of aromatic nitrogens is 1. The number of carbonyl (C=O) groups excluding carboxylic acids is 2. The lowest BCUT2D eigenvalue weighted by Gasteiger charge is -2.13. The highest BCUT2D eigenvalue weighted by Crippen LogP contribution is 2.29. The smallest absolute Gasteiger partial charge is 0.291 e. The molecule has 3 rings (SSSR count). The molecule has 1 fully saturated rings. The number of thioether (sulfide) groups is 1. The fourth-order valence-corrected chi connectivity index (χ4v) is 3.08. The molecule has 0 bridgehead atoms. The van der Waals surface area contributed by atoms with Crippen LogP contribution in [0, 0.1) is 0 Å². The molecule has 134 valence electrons. The molecule has 0 spiro atoms. The average Bonchev–Trinajstić information content (AvgIpc) is 2.94. The minimum atomic E-state index is -0.838. The number of oxime groups is 1. The summed E-state index contributed by atoms with van der Waals surface area (Å²) in [6.45, 7) is 0.562. The highest BCUT2D eigenvalue weighted by molar-refractivity contribution is 8.15. The van der Waals surface area contributed by atoms with Gasteiger partial charge in [0, 0.05) is 6.20 Å². The molecule has 1 aliphatic rings. The van der Waals surface area contributed by atoms with Gasteiger partial charge in [0.25, 0.3) is 11.1 Å². The molecule has 1 aromatic heterocycles. The first-order valence-electron chi connectivity index (χ1n) is 7.98. The lowest BCUT2D eigenvalue weighted by molar-refractivity contribution is -0.134. The quantitative estimate of drug-likeness (QED) is 0.403. The summed E-state index contributed by atoms with van der Waals surface area (Å²) in [6, 6.07) is 14.8. The van der Waals surface area contributed by atoms with Crippen molar-refractivity contribution < 1.29 is 19.2 Å². The maximum absolute atomic E-state index is 12.3. The Labute approximate surface area is 155 Å². The predicted octanol–water partition coefficient (Wildman–Crippen LogP) is 2.67. The first-order chi connectivity index (χ1) is 12.7. The SMILES string of the molecule is O=C1SC(OCCON=Cc2ccccn2)C(=O)N1Cc1ccccc1. The summed E-state index contributed by atoms with van der Waals surface area (Å²) in [5.41, 5.74) is 0.731. The molecule has 26 heavy (non-hydrogen) atoms. The van der Waals surface area contributed by atoms with Crippen LogP contribution in [0.3, 0.4) is 0 Å². The maximum Gasteiger partial charge on any atom is 0.291 e. The molecule has 8 heteroatoms. The van der Waals surface area contributed by atoms with Gasteiger partial charge in [-0.25, -0.2) is 0 Å². The predicted molar refractivity (Wildman–Crippen MR) is 97.5 cm³/mol. The van der Waals surface area contributed by atoms with Crippen LogP contribution in [0.5, 0.6) is 0 Å². The van der Waals surface area contributed by atoms with Crippen molar-refractivity contribution in [3.8, 4) is 0 Å². The third-order valence-electron chi connectivity index (χ3n) is 3.47. The number of hydrogen-bond donors (Lipinski definition) is 0. The number of carbonyl (C=O) groups is 2. The highest BCUT2D eigenvalue weighted by Gasteiger charge is 2.40. The van der Waals surface area contributed by atoms with E-state index >= 15 is 0 Å².